The Balaban J connectivity index is 1.28. The number of aromatic nitrogens is 4. The van der Waals surface area contributed by atoms with Crippen LogP contribution in [0, 0.1) is 25.6 Å². The fourth-order valence-corrected chi connectivity index (χ4v) is 4.24. The van der Waals surface area contributed by atoms with E-state index in [2.05, 4.69) is 30.6 Å². The second-order valence-electron chi connectivity index (χ2n) is 8.68. The zero-order valence-electron chi connectivity index (χ0n) is 18.4. The highest BCUT2D eigenvalue weighted by Gasteiger charge is 2.42. The van der Waals surface area contributed by atoms with Gasteiger partial charge in [0, 0.05) is 37.6 Å². The number of hydrogen-bond acceptors (Lipinski definition) is 6. The smallest absolute Gasteiger partial charge is 0.247 e. The number of aryl methyl sites for hydroxylation is 2. The Morgan fingerprint density at radius 2 is 2.00 bits per heavy atom. The maximum atomic E-state index is 13.7. The lowest BCUT2D eigenvalue weighted by atomic mass is 10.0. The number of nitrogens with one attached hydrogen (secondary N) is 2. The first-order chi connectivity index (χ1) is 15.4. The lowest BCUT2D eigenvalue weighted by Gasteiger charge is -2.36. The van der Waals surface area contributed by atoms with Gasteiger partial charge in [-0.15, -0.1) is 0 Å². The van der Waals surface area contributed by atoms with Gasteiger partial charge in [0.15, 0.2) is 0 Å². The van der Waals surface area contributed by atoms with Crippen molar-refractivity contribution in [2.75, 3.05) is 22.6 Å². The summed E-state index contributed by atoms with van der Waals surface area (Å²) in [6.07, 6.45) is 7.57. The third-order valence-electron chi connectivity index (χ3n) is 6.15. The van der Waals surface area contributed by atoms with Gasteiger partial charge in [0.25, 0.3) is 0 Å². The number of anilines is 3. The maximum absolute atomic E-state index is 13.7. The van der Waals surface area contributed by atoms with Gasteiger partial charge in [0.2, 0.25) is 5.91 Å². The number of likely N-dealkylation sites (N-methyl/N-ethyl adjacent to an activating group) is 1. The SMILES string of the molecule is Cc1ncc(Cn2cc(CNc3cc4c(c(C)n3)NC(=O)C(C3CC3)N4C)cn2)cc1F. The Labute approximate surface area is 185 Å². The molecule has 2 aliphatic rings. The summed E-state index contributed by atoms with van der Waals surface area (Å²) in [6, 6.07) is 3.37. The molecule has 8 nitrogen and oxygen atoms in total. The Kier molecular flexibility index (Phi) is 5.03. The number of rotatable bonds is 6. The lowest BCUT2D eigenvalue weighted by molar-refractivity contribution is -0.118. The molecule has 32 heavy (non-hydrogen) atoms. The van der Waals surface area contributed by atoms with Crippen molar-refractivity contribution >= 4 is 23.1 Å². The van der Waals surface area contributed by atoms with Crippen molar-refractivity contribution < 1.29 is 9.18 Å². The molecule has 0 bridgehead atoms. The van der Waals surface area contributed by atoms with Gasteiger partial charge in [0.1, 0.15) is 17.7 Å². The average Bonchev–Trinajstić information content (AvgIpc) is 3.49. The van der Waals surface area contributed by atoms with E-state index >= 15 is 0 Å². The molecule has 0 radical (unpaired) electrons. The van der Waals surface area contributed by atoms with Crippen LogP contribution in [0.3, 0.4) is 0 Å². The molecular weight excluding hydrogens is 409 g/mol. The molecule has 3 aromatic rings. The van der Waals surface area contributed by atoms with E-state index in [0.717, 1.165) is 46.9 Å². The van der Waals surface area contributed by atoms with Crippen LogP contribution in [-0.4, -0.2) is 38.7 Å². The van der Waals surface area contributed by atoms with Gasteiger partial charge >= 0.3 is 0 Å². The minimum Gasteiger partial charge on any atom is -0.366 e. The largest absolute Gasteiger partial charge is 0.366 e. The molecular formula is C23H26FN7O. The molecule has 5 rings (SSSR count). The number of carbonyl (C=O) groups is 1. The molecule has 1 aliphatic heterocycles. The van der Waals surface area contributed by atoms with Crippen LogP contribution in [0.25, 0.3) is 0 Å². The summed E-state index contributed by atoms with van der Waals surface area (Å²) in [6.45, 7) is 4.55. The second kappa shape index (κ2) is 7.89. The second-order valence-corrected chi connectivity index (χ2v) is 8.68. The molecule has 3 aromatic heterocycles. The summed E-state index contributed by atoms with van der Waals surface area (Å²) in [7, 11) is 1.98. The summed E-state index contributed by atoms with van der Waals surface area (Å²) in [4.78, 5) is 23.3. The molecule has 0 saturated heterocycles. The van der Waals surface area contributed by atoms with Crippen molar-refractivity contribution in [3.63, 3.8) is 0 Å². The van der Waals surface area contributed by atoms with E-state index in [-0.39, 0.29) is 17.8 Å². The molecule has 1 amide bonds. The Morgan fingerprint density at radius 3 is 2.75 bits per heavy atom. The molecule has 1 unspecified atom stereocenters. The summed E-state index contributed by atoms with van der Waals surface area (Å²) in [5.74, 6) is 0.928. The summed E-state index contributed by atoms with van der Waals surface area (Å²) < 4.78 is 15.5. The van der Waals surface area contributed by atoms with Gasteiger partial charge in [-0.3, -0.25) is 14.5 Å². The quantitative estimate of drug-likeness (QED) is 0.618. The normalized spacial score (nSPS) is 17.8. The zero-order chi connectivity index (χ0) is 22.4. The van der Waals surface area contributed by atoms with Crippen LogP contribution in [0.1, 0.15) is 35.4 Å². The molecule has 1 saturated carbocycles. The van der Waals surface area contributed by atoms with E-state index in [9.17, 15) is 9.18 Å². The highest BCUT2D eigenvalue weighted by molar-refractivity contribution is 6.04. The first-order valence-corrected chi connectivity index (χ1v) is 10.8. The van der Waals surface area contributed by atoms with E-state index in [0.29, 0.717) is 24.7 Å². The lowest BCUT2D eigenvalue weighted by Crippen LogP contribution is -2.47. The van der Waals surface area contributed by atoms with Crippen molar-refractivity contribution in [1.29, 1.82) is 0 Å². The van der Waals surface area contributed by atoms with Gasteiger partial charge in [-0.05, 0) is 44.2 Å². The van der Waals surface area contributed by atoms with Crippen LogP contribution in [0.5, 0.6) is 0 Å². The van der Waals surface area contributed by atoms with E-state index in [1.807, 2.05) is 26.2 Å². The molecule has 1 atom stereocenters. The van der Waals surface area contributed by atoms with Gasteiger partial charge in [-0.2, -0.15) is 5.10 Å². The number of carbonyl (C=O) groups excluding carboxylic acids is 1. The van der Waals surface area contributed by atoms with E-state index in [4.69, 9.17) is 0 Å². The Morgan fingerprint density at radius 1 is 1.19 bits per heavy atom. The zero-order valence-corrected chi connectivity index (χ0v) is 18.4. The number of fused-ring (bicyclic) bond motifs is 1. The highest BCUT2D eigenvalue weighted by atomic mass is 19.1. The average molecular weight is 436 g/mol. The molecule has 4 heterocycles. The topological polar surface area (TPSA) is 88.0 Å². The van der Waals surface area contributed by atoms with Crippen LogP contribution in [0.15, 0.2) is 30.7 Å². The van der Waals surface area contributed by atoms with Gasteiger partial charge in [-0.1, -0.05) is 0 Å². The molecule has 2 N–H and O–H groups in total. The number of amides is 1. The minimum atomic E-state index is -0.310. The van der Waals surface area contributed by atoms with Crippen LogP contribution < -0.4 is 15.5 Å². The Bertz CT molecular complexity index is 1190. The van der Waals surface area contributed by atoms with Crippen LogP contribution >= 0.6 is 0 Å². The van der Waals surface area contributed by atoms with E-state index < -0.39 is 0 Å². The minimum absolute atomic E-state index is 0.0594. The molecule has 1 aliphatic carbocycles. The molecule has 0 aromatic carbocycles. The predicted octanol–water partition coefficient (Wildman–Crippen LogP) is 3.26. The van der Waals surface area contributed by atoms with Crippen LogP contribution in [0.2, 0.25) is 0 Å². The van der Waals surface area contributed by atoms with Crippen molar-refractivity contribution in [2.45, 2.75) is 45.8 Å². The predicted molar refractivity (Wildman–Crippen MR) is 120 cm³/mol. The van der Waals surface area contributed by atoms with Gasteiger partial charge in [0.05, 0.1) is 35.5 Å². The van der Waals surface area contributed by atoms with E-state index in [1.165, 1.54) is 6.07 Å². The molecule has 166 valence electrons. The summed E-state index contributed by atoms with van der Waals surface area (Å²) in [5.41, 5.74) is 4.69. The van der Waals surface area contributed by atoms with Crippen molar-refractivity contribution in [2.24, 2.45) is 5.92 Å². The molecule has 1 fully saturated rings. The number of halogens is 1. The molecule has 9 heteroatoms. The van der Waals surface area contributed by atoms with Crippen molar-refractivity contribution in [3.8, 4) is 0 Å². The first kappa shape index (κ1) is 20.4. The number of pyridine rings is 2. The van der Waals surface area contributed by atoms with Gasteiger partial charge < -0.3 is 15.5 Å². The van der Waals surface area contributed by atoms with Crippen molar-refractivity contribution in [1.82, 2.24) is 19.7 Å². The number of hydrogen-bond donors (Lipinski definition) is 2. The third kappa shape index (κ3) is 3.90. The summed E-state index contributed by atoms with van der Waals surface area (Å²) in [5, 5.41) is 10.8. The monoisotopic (exact) mass is 435 g/mol. The fraction of sp³-hybridized carbons (Fsp3) is 0.391. The summed E-state index contributed by atoms with van der Waals surface area (Å²) >= 11 is 0. The standard InChI is InChI=1S/C23H26FN7O/c1-13-18(24)6-15(8-25-13)11-31-12-16(10-27-31)9-26-20-7-19-21(14(2)28-20)29-23(32)22(30(19)3)17-4-5-17/h6-8,10,12,17,22H,4-5,9,11H2,1-3H3,(H,26,28)(H,29,32). The van der Waals surface area contributed by atoms with Crippen molar-refractivity contribution in [3.05, 3.63) is 59.1 Å². The van der Waals surface area contributed by atoms with Crippen LogP contribution in [0.4, 0.5) is 21.6 Å². The van der Waals surface area contributed by atoms with Crippen LogP contribution in [-0.2, 0) is 17.9 Å². The highest BCUT2D eigenvalue weighted by Crippen LogP contribution is 2.42. The van der Waals surface area contributed by atoms with Gasteiger partial charge in [-0.25, -0.2) is 9.37 Å². The third-order valence-corrected chi connectivity index (χ3v) is 6.15. The molecule has 0 spiro atoms. The number of nitrogens with zero attached hydrogens (tertiary/aromatic N) is 5. The van der Waals surface area contributed by atoms with E-state index in [1.54, 1.807) is 24.0 Å². The Hall–Kier alpha value is -3.49. The fourth-order valence-electron chi connectivity index (χ4n) is 4.24. The maximum Gasteiger partial charge on any atom is 0.247 e. The first-order valence-electron chi connectivity index (χ1n) is 10.8.